The van der Waals surface area contributed by atoms with Gasteiger partial charge in [0, 0.05) is 25.3 Å². The molecule has 0 aliphatic carbocycles. The van der Waals surface area contributed by atoms with E-state index in [-0.39, 0.29) is 18.6 Å². The van der Waals surface area contributed by atoms with Crippen molar-refractivity contribution in [2.45, 2.75) is 6.04 Å². The molecule has 5 heteroatoms. The lowest BCUT2D eigenvalue weighted by atomic mass is 10.1. The van der Waals surface area contributed by atoms with E-state index in [0.717, 1.165) is 25.3 Å². The summed E-state index contributed by atoms with van der Waals surface area (Å²) in [5, 5.41) is 9.51. The van der Waals surface area contributed by atoms with Gasteiger partial charge in [-0.05, 0) is 25.2 Å². The molecule has 1 heterocycles. The Morgan fingerprint density at radius 3 is 2.95 bits per heavy atom. The van der Waals surface area contributed by atoms with Crippen LogP contribution < -0.4 is 4.90 Å². The standard InChI is InChI=1S/C14H20N2O3/c1-15-6-7-16(13(9-15)10-17)12-5-3-4-11(8-12)14(18)19-2/h3-5,8,13,17H,6-7,9-10H2,1-2H3. The van der Waals surface area contributed by atoms with Crippen LogP contribution in [0, 0.1) is 0 Å². The largest absolute Gasteiger partial charge is 0.465 e. The molecule has 1 N–H and O–H groups in total. The second-order valence-corrected chi connectivity index (χ2v) is 4.83. The molecular weight excluding hydrogens is 244 g/mol. The maximum absolute atomic E-state index is 11.6. The molecule has 1 saturated heterocycles. The third kappa shape index (κ3) is 3.05. The fourth-order valence-corrected chi connectivity index (χ4v) is 2.44. The highest BCUT2D eigenvalue weighted by atomic mass is 16.5. The first-order chi connectivity index (χ1) is 9.15. The van der Waals surface area contributed by atoms with Gasteiger partial charge in [0.1, 0.15) is 0 Å². The van der Waals surface area contributed by atoms with Crippen molar-refractivity contribution in [2.24, 2.45) is 0 Å². The average molecular weight is 264 g/mol. The van der Waals surface area contributed by atoms with Gasteiger partial charge in [0.2, 0.25) is 0 Å². The average Bonchev–Trinajstić information content (AvgIpc) is 2.46. The summed E-state index contributed by atoms with van der Waals surface area (Å²) in [5.74, 6) is -0.337. The number of ether oxygens (including phenoxy) is 1. The maximum Gasteiger partial charge on any atom is 0.337 e. The predicted octanol–water partition coefficient (Wildman–Crippen LogP) is 0.586. The Labute approximate surface area is 113 Å². The van der Waals surface area contributed by atoms with Crippen molar-refractivity contribution < 1.29 is 14.6 Å². The number of methoxy groups -OCH3 is 1. The molecule has 0 amide bonds. The van der Waals surface area contributed by atoms with Crippen molar-refractivity contribution in [3.63, 3.8) is 0 Å². The van der Waals surface area contributed by atoms with E-state index in [9.17, 15) is 9.90 Å². The van der Waals surface area contributed by atoms with Crippen LogP contribution in [0.5, 0.6) is 0 Å². The molecular formula is C14H20N2O3. The molecule has 1 aromatic carbocycles. The summed E-state index contributed by atoms with van der Waals surface area (Å²) in [5.41, 5.74) is 1.49. The zero-order valence-electron chi connectivity index (χ0n) is 11.4. The Morgan fingerprint density at radius 1 is 1.47 bits per heavy atom. The number of esters is 1. The lowest BCUT2D eigenvalue weighted by molar-refractivity contribution is 0.0600. The number of piperazine rings is 1. The predicted molar refractivity (Wildman–Crippen MR) is 73.5 cm³/mol. The molecule has 0 saturated carbocycles. The second kappa shape index (κ2) is 6.04. The van der Waals surface area contributed by atoms with Crippen LogP contribution in [0.2, 0.25) is 0 Å². The molecule has 0 radical (unpaired) electrons. The zero-order valence-corrected chi connectivity index (χ0v) is 11.4. The third-order valence-electron chi connectivity index (χ3n) is 3.50. The van der Waals surface area contributed by atoms with Crippen LogP contribution in [0.3, 0.4) is 0 Å². The Bertz CT molecular complexity index is 450. The number of anilines is 1. The highest BCUT2D eigenvalue weighted by Gasteiger charge is 2.25. The van der Waals surface area contributed by atoms with Gasteiger partial charge in [0.15, 0.2) is 0 Å². The first kappa shape index (κ1) is 13.8. The fraction of sp³-hybridized carbons (Fsp3) is 0.500. The summed E-state index contributed by atoms with van der Waals surface area (Å²) in [7, 11) is 3.42. The summed E-state index contributed by atoms with van der Waals surface area (Å²) < 4.78 is 4.73. The molecule has 1 aromatic rings. The number of aliphatic hydroxyl groups is 1. The van der Waals surface area contributed by atoms with Gasteiger partial charge >= 0.3 is 5.97 Å². The minimum absolute atomic E-state index is 0.0617. The SMILES string of the molecule is COC(=O)c1cccc(N2CCN(C)CC2CO)c1. The van der Waals surface area contributed by atoms with Crippen LogP contribution in [0.1, 0.15) is 10.4 Å². The third-order valence-corrected chi connectivity index (χ3v) is 3.50. The molecule has 1 aliphatic rings. The smallest absolute Gasteiger partial charge is 0.337 e. The van der Waals surface area contributed by atoms with Gasteiger partial charge < -0.3 is 19.6 Å². The normalized spacial score (nSPS) is 20.4. The van der Waals surface area contributed by atoms with Crippen LogP contribution in [-0.4, -0.2) is 62.4 Å². The van der Waals surface area contributed by atoms with Crippen molar-refractivity contribution in [1.82, 2.24) is 4.90 Å². The number of carbonyl (C=O) groups excluding carboxylic acids is 1. The molecule has 0 aromatic heterocycles. The lowest BCUT2D eigenvalue weighted by Gasteiger charge is -2.40. The van der Waals surface area contributed by atoms with Gasteiger partial charge in [-0.25, -0.2) is 4.79 Å². The molecule has 1 aliphatic heterocycles. The van der Waals surface area contributed by atoms with E-state index in [1.54, 1.807) is 6.07 Å². The first-order valence-electron chi connectivity index (χ1n) is 6.40. The van der Waals surface area contributed by atoms with Crippen LogP contribution in [0.4, 0.5) is 5.69 Å². The number of benzene rings is 1. The highest BCUT2D eigenvalue weighted by Crippen LogP contribution is 2.21. The van der Waals surface area contributed by atoms with Gasteiger partial charge in [-0.2, -0.15) is 0 Å². The van der Waals surface area contributed by atoms with Gasteiger partial charge in [-0.15, -0.1) is 0 Å². The van der Waals surface area contributed by atoms with Gasteiger partial charge in [-0.3, -0.25) is 0 Å². The van der Waals surface area contributed by atoms with Crippen LogP contribution >= 0.6 is 0 Å². The lowest BCUT2D eigenvalue weighted by Crippen LogP contribution is -2.53. The summed E-state index contributed by atoms with van der Waals surface area (Å²) in [6.45, 7) is 2.71. The second-order valence-electron chi connectivity index (χ2n) is 4.83. The van der Waals surface area contributed by atoms with Crippen molar-refractivity contribution in [1.29, 1.82) is 0 Å². The van der Waals surface area contributed by atoms with Crippen LogP contribution in [-0.2, 0) is 4.74 Å². The topological polar surface area (TPSA) is 53.0 Å². The summed E-state index contributed by atoms with van der Waals surface area (Å²) >= 11 is 0. The quantitative estimate of drug-likeness (QED) is 0.810. The van der Waals surface area contributed by atoms with E-state index in [1.807, 2.05) is 25.2 Å². The summed E-state index contributed by atoms with van der Waals surface area (Å²) in [6, 6.07) is 7.42. The minimum Gasteiger partial charge on any atom is -0.465 e. The molecule has 1 atom stereocenters. The molecule has 2 rings (SSSR count). The fourth-order valence-electron chi connectivity index (χ4n) is 2.44. The van der Waals surface area contributed by atoms with Crippen molar-refractivity contribution in [3.05, 3.63) is 29.8 Å². The highest BCUT2D eigenvalue weighted by molar-refractivity contribution is 5.90. The molecule has 1 fully saturated rings. The molecule has 19 heavy (non-hydrogen) atoms. The number of aliphatic hydroxyl groups excluding tert-OH is 1. The van der Waals surface area contributed by atoms with Crippen molar-refractivity contribution in [3.8, 4) is 0 Å². The Kier molecular flexibility index (Phi) is 4.39. The number of hydrogen-bond donors (Lipinski definition) is 1. The number of nitrogens with zero attached hydrogens (tertiary/aromatic N) is 2. The van der Waals surface area contributed by atoms with Gasteiger partial charge in [0.05, 0.1) is 25.3 Å². The molecule has 1 unspecified atom stereocenters. The van der Waals surface area contributed by atoms with E-state index in [0.29, 0.717) is 5.56 Å². The van der Waals surface area contributed by atoms with Gasteiger partial charge in [0.25, 0.3) is 0 Å². The van der Waals surface area contributed by atoms with Crippen LogP contribution in [0.15, 0.2) is 24.3 Å². The number of carbonyl (C=O) groups is 1. The Balaban J connectivity index is 2.23. The minimum atomic E-state index is -0.337. The maximum atomic E-state index is 11.6. The zero-order chi connectivity index (χ0) is 13.8. The van der Waals surface area contributed by atoms with E-state index >= 15 is 0 Å². The molecule has 0 spiro atoms. The van der Waals surface area contributed by atoms with E-state index < -0.39 is 0 Å². The van der Waals surface area contributed by atoms with Gasteiger partial charge in [-0.1, -0.05) is 6.07 Å². The molecule has 0 bridgehead atoms. The van der Waals surface area contributed by atoms with Crippen LogP contribution in [0.25, 0.3) is 0 Å². The number of hydrogen-bond acceptors (Lipinski definition) is 5. The van der Waals surface area contributed by atoms with Crippen molar-refractivity contribution >= 4 is 11.7 Å². The first-order valence-corrected chi connectivity index (χ1v) is 6.40. The van der Waals surface area contributed by atoms with E-state index in [4.69, 9.17) is 4.74 Å². The number of likely N-dealkylation sites (N-methyl/N-ethyl adjacent to an activating group) is 1. The van der Waals surface area contributed by atoms with E-state index in [2.05, 4.69) is 9.80 Å². The summed E-state index contributed by atoms with van der Waals surface area (Å²) in [4.78, 5) is 15.9. The number of rotatable bonds is 3. The molecule has 5 nitrogen and oxygen atoms in total. The summed E-state index contributed by atoms with van der Waals surface area (Å²) in [6.07, 6.45) is 0. The molecule has 104 valence electrons. The van der Waals surface area contributed by atoms with Crippen molar-refractivity contribution in [2.75, 3.05) is 45.3 Å². The van der Waals surface area contributed by atoms with E-state index in [1.165, 1.54) is 7.11 Å². The Morgan fingerprint density at radius 2 is 2.26 bits per heavy atom. The monoisotopic (exact) mass is 264 g/mol. The Hall–Kier alpha value is -1.59.